The van der Waals surface area contributed by atoms with E-state index in [2.05, 4.69) is 10.3 Å². The van der Waals surface area contributed by atoms with Crippen molar-refractivity contribution in [1.82, 2.24) is 19.9 Å². The average Bonchev–Trinajstić information content (AvgIpc) is 2.81. The molecular formula is C12H18N4O3. The molecule has 0 aliphatic carbocycles. The summed E-state index contributed by atoms with van der Waals surface area (Å²) in [4.78, 5) is 1.88. The molecule has 104 valence electrons. The number of aromatic nitrogens is 3. The van der Waals surface area contributed by atoms with Gasteiger partial charge in [-0.15, -0.1) is 5.10 Å². The van der Waals surface area contributed by atoms with E-state index in [1.165, 1.54) is 0 Å². The SMILES string of the molecule is OCCN(CCO)Cn1nnc2cc(CO)ccc21. The van der Waals surface area contributed by atoms with Gasteiger partial charge in [0, 0.05) is 13.1 Å². The summed E-state index contributed by atoms with van der Waals surface area (Å²) in [6.07, 6.45) is 0. The first-order chi connectivity index (χ1) is 9.28. The number of nitrogens with zero attached hydrogens (tertiary/aromatic N) is 4. The molecule has 0 unspecified atom stereocenters. The van der Waals surface area contributed by atoms with Crippen molar-refractivity contribution in [1.29, 1.82) is 0 Å². The normalized spacial score (nSPS) is 11.6. The maximum absolute atomic E-state index is 9.07. The number of rotatable bonds is 7. The fourth-order valence-electron chi connectivity index (χ4n) is 1.95. The second kappa shape index (κ2) is 6.58. The molecular weight excluding hydrogens is 248 g/mol. The maximum atomic E-state index is 9.07. The predicted molar refractivity (Wildman–Crippen MR) is 69.2 cm³/mol. The van der Waals surface area contributed by atoms with Crippen LogP contribution in [0.3, 0.4) is 0 Å². The smallest absolute Gasteiger partial charge is 0.113 e. The highest BCUT2D eigenvalue weighted by atomic mass is 16.3. The molecule has 0 radical (unpaired) electrons. The molecule has 0 spiro atoms. The van der Waals surface area contributed by atoms with E-state index in [1.807, 2.05) is 17.0 Å². The van der Waals surface area contributed by atoms with Crippen LogP contribution >= 0.6 is 0 Å². The second-order valence-electron chi connectivity index (χ2n) is 4.28. The van der Waals surface area contributed by atoms with Gasteiger partial charge in [-0.2, -0.15) is 0 Å². The second-order valence-corrected chi connectivity index (χ2v) is 4.28. The molecule has 1 heterocycles. The third-order valence-corrected chi connectivity index (χ3v) is 2.93. The zero-order valence-corrected chi connectivity index (χ0v) is 10.6. The van der Waals surface area contributed by atoms with Gasteiger partial charge in [-0.25, -0.2) is 4.68 Å². The van der Waals surface area contributed by atoms with Gasteiger partial charge in [0.15, 0.2) is 0 Å². The van der Waals surface area contributed by atoms with Gasteiger partial charge in [0.05, 0.1) is 32.0 Å². The lowest BCUT2D eigenvalue weighted by Crippen LogP contribution is -2.32. The highest BCUT2D eigenvalue weighted by Crippen LogP contribution is 2.13. The Morgan fingerprint density at radius 1 is 1.11 bits per heavy atom. The number of hydrogen-bond donors (Lipinski definition) is 3. The summed E-state index contributed by atoms with van der Waals surface area (Å²) in [6.45, 7) is 1.43. The van der Waals surface area contributed by atoms with Gasteiger partial charge in [0.1, 0.15) is 5.52 Å². The van der Waals surface area contributed by atoms with Gasteiger partial charge in [0.2, 0.25) is 0 Å². The topological polar surface area (TPSA) is 94.6 Å². The van der Waals surface area contributed by atoms with Gasteiger partial charge in [-0.05, 0) is 17.7 Å². The van der Waals surface area contributed by atoms with Crippen LogP contribution in [0.25, 0.3) is 11.0 Å². The highest BCUT2D eigenvalue weighted by Gasteiger charge is 2.09. The average molecular weight is 266 g/mol. The van der Waals surface area contributed by atoms with E-state index in [9.17, 15) is 0 Å². The number of hydrogen-bond acceptors (Lipinski definition) is 6. The number of fused-ring (bicyclic) bond motifs is 1. The molecule has 0 fully saturated rings. The van der Waals surface area contributed by atoms with Gasteiger partial charge < -0.3 is 15.3 Å². The van der Waals surface area contributed by atoms with Crippen LogP contribution in [0.1, 0.15) is 5.56 Å². The first-order valence-corrected chi connectivity index (χ1v) is 6.15. The Hall–Kier alpha value is -1.54. The van der Waals surface area contributed by atoms with Crippen molar-refractivity contribution >= 4 is 11.0 Å². The lowest BCUT2D eigenvalue weighted by molar-refractivity contribution is 0.130. The van der Waals surface area contributed by atoms with Gasteiger partial charge in [-0.3, -0.25) is 4.90 Å². The van der Waals surface area contributed by atoms with Gasteiger partial charge >= 0.3 is 0 Å². The quantitative estimate of drug-likeness (QED) is 0.605. The fourth-order valence-corrected chi connectivity index (χ4v) is 1.95. The minimum Gasteiger partial charge on any atom is -0.395 e. The van der Waals surface area contributed by atoms with Crippen molar-refractivity contribution in [2.45, 2.75) is 13.3 Å². The van der Waals surface area contributed by atoms with E-state index < -0.39 is 0 Å². The van der Waals surface area contributed by atoms with Crippen molar-refractivity contribution in [3.8, 4) is 0 Å². The molecule has 0 aliphatic rings. The third kappa shape index (κ3) is 3.27. The molecule has 0 aliphatic heterocycles. The van der Waals surface area contributed by atoms with E-state index in [-0.39, 0.29) is 19.8 Å². The molecule has 7 heteroatoms. The molecule has 2 rings (SSSR count). The first-order valence-electron chi connectivity index (χ1n) is 6.15. The lowest BCUT2D eigenvalue weighted by Gasteiger charge is -2.19. The summed E-state index contributed by atoms with van der Waals surface area (Å²) in [7, 11) is 0. The highest BCUT2D eigenvalue weighted by molar-refractivity contribution is 5.74. The van der Waals surface area contributed by atoms with E-state index in [0.717, 1.165) is 16.6 Å². The van der Waals surface area contributed by atoms with Crippen molar-refractivity contribution in [3.05, 3.63) is 23.8 Å². The molecule has 1 aromatic carbocycles. The summed E-state index contributed by atoms with van der Waals surface area (Å²) in [5, 5.41) is 35.1. The van der Waals surface area contributed by atoms with E-state index >= 15 is 0 Å². The molecule has 0 amide bonds. The summed E-state index contributed by atoms with van der Waals surface area (Å²) in [5.41, 5.74) is 2.37. The molecule has 0 bridgehead atoms. The van der Waals surface area contributed by atoms with Crippen LogP contribution in [-0.2, 0) is 13.3 Å². The number of aliphatic hydroxyl groups is 3. The Bertz CT molecular complexity index is 523. The number of aliphatic hydroxyl groups excluding tert-OH is 3. The molecule has 7 nitrogen and oxygen atoms in total. The monoisotopic (exact) mass is 266 g/mol. The summed E-state index contributed by atoms with van der Waals surface area (Å²) >= 11 is 0. The Morgan fingerprint density at radius 3 is 2.47 bits per heavy atom. The fraction of sp³-hybridized carbons (Fsp3) is 0.500. The Balaban J connectivity index is 2.20. The van der Waals surface area contributed by atoms with Crippen LogP contribution in [0.4, 0.5) is 0 Å². The lowest BCUT2D eigenvalue weighted by atomic mass is 10.2. The van der Waals surface area contributed by atoms with Crippen molar-refractivity contribution in [2.75, 3.05) is 26.3 Å². The van der Waals surface area contributed by atoms with Gasteiger partial charge in [0.25, 0.3) is 0 Å². The molecule has 1 aromatic heterocycles. The third-order valence-electron chi connectivity index (χ3n) is 2.93. The Labute approximate surface area is 110 Å². The summed E-state index contributed by atoms with van der Waals surface area (Å²) < 4.78 is 1.71. The van der Waals surface area contributed by atoms with E-state index in [1.54, 1.807) is 10.7 Å². The van der Waals surface area contributed by atoms with Crippen LogP contribution in [0.15, 0.2) is 18.2 Å². The molecule has 3 N–H and O–H groups in total. The van der Waals surface area contributed by atoms with Gasteiger partial charge in [-0.1, -0.05) is 11.3 Å². The molecule has 2 aromatic rings. The predicted octanol–water partition coefficient (Wildman–Crippen LogP) is -0.832. The van der Waals surface area contributed by atoms with Crippen molar-refractivity contribution in [3.63, 3.8) is 0 Å². The zero-order chi connectivity index (χ0) is 13.7. The van der Waals surface area contributed by atoms with Crippen LogP contribution in [0.2, 0.25) is 0 Å². The van der Waals surface area contributed by atoms with E-state index in [0.29, 0.717) is 19.8 Å². The molecule has 0 saturated heterocycles. The summed E-state index contributed by atoms with van der Waals surface area (Å²) in [6, 6.07) is 5.48. The zero-order valence-electron chi connectivity index (χ0n) is 10.6. The van der Waals surface area contributed by atoms with Crippen LogP contribution < -0.4 is 0 Å². The minimum absolute atomic E-state index is 0.0239. The standard InChI is InChI=1S/C12H18N4O3/c17-5-3-15(4-6-18)9-16-12-2-1-10(8-19)7-11(12)13-14-16/h1-2,7,17-19H,3-6,8-9H2. The Morgan fingerprint density at radius 2 is 1.84 bits per heavy atom. The Kier molecular flexibility index (Phi) is 4.80. The van der Waals surface area contributed by atoms with Crippen LogP contribution in [0.5, 0.6) is 0 Å². The van der Waals surface area contributed by atoms with Crippen molar-refractivity contribution < 1.29 is 15.3 Å². The molecule has 0 atom stereocenters. The molecule has 0 saturated carbocycles. The number of benzene rings is 1. The first kappa shape index (κ1) is 13.9. The molecule has 19 heavy (non-hydrogen) atoms. The largest absolute Gasteiger partial charge is 0.395 e. The van der Waals surface area contributed by atoms with E-state index in [4.69, 9.17) is 15.3 Å². The van der Waals surface area contributed by atoms with Crippen molar-refractivity contribution in [2.24, 2.45) is 0 Å². The van der Waals surface area contributed by atoms with Crippen LogP contribution in [0, 0.1) is 0 Å². The maximum Gasteiger partial charge on any atom is 0.113 e. The summed E-state index contributed by atoms with van der Waals surface area (Å²) in [5.74, 6) is 0. The minimum atomic E-state index is -0.0239. The van der Waals surface area contributed by atoms with Crippen LogP contribution in [-0.4, -0.2) is 61.5 Å².